The molecule has 138 valence electrons. The summed E-state index contributed by atoms with van der Waals surface area (Å²) in [6.45, 7) is 16.6. The van der Waals surface area contributed by atoms with Gasteiger partial charge < -0.3 is 4.74 Å². The Labute approximate surface area is 147 Å². The van der Waals surface area contributed by atoms with Crippen LogP contribution in [0.3, 0.4) is 0 Å². The lowest BCUT2D eigenvalue weighted by Crippen LogP contribution is -2.40. The van der Waals surface area contributed by atoms with Gasteiger partial charge in [-0.3, -0.25) is 9.59 Å². The van der Waals surface area contributed by atoms with Gasteiger partial charge in [-0.15, -0.1) is 0 Å². The number of rotatable bonds is 5. The quantitative estimate of drug-likeness (QED) is 0.662. The van der Waals surface area contributed by atoms with Crippen molar-refractivity contribution in [1.29, 1.82) is 0 Å². The molecule has 2 fully saturated rings. The number of ketones is 1. The van der Waals surface area contributed by atoms with E-state index in [1.165, 1.54) is 6.42 Å². The summed E-state index contributed by atoms with van der Waals surface area (Å²) in [7, 11) is 0. The molecule has 0 amide bonds. The Morgan fingerprint density at radius 2 is 1.75 bits per heavy atom. The molecule has 5 atom stereocenters. The second kappa shape index (κ2) is 6.14. The molecule has 3 heteroatoms. The van der Waals surface area contributed by atoms with Crippen LogP contribution in [-0.4, -0.2) is 17.9 Å². The van der Waals surface area contributed by atoms with E-state index in [-0.39, 0.29) is 45.9 Å². The fraction of sp³-hybridized carbons (Fsp3) is 0.905. The third kappa shape index (κ3) is 3.15. The number of carbonyl (C=O) groups excluding carboxylic acids is 2. The Balaban J connectivity index is 1.97. The smallest absolute Gasteiger partial charge is 0.309 e. The molecule has 0 saturated heterocycles. The van der Waals surface area contributed by atoms with E-state index in [0.717, 1.165) is 12.8 Å². The molecule has 0 heterocycles. The molecule has 0 aromatic heterocycles. The molecule has 3 nitrogen and oxygen atoms in total. The molecule has 0 aliphatic heterocycles. The lowest BCUT2D eigenvalue weighted by atomic mass is 9.70. The largest absolute Gasteiger partial charge is 0.462 e. The first kappa shape index (κ1) is 19.5. The van der Waals surface area contributed by atoms with Gasteiger partial charge in [0.2, 0.25) is 0 Å². The van der Waals surface area contributed by atoms with Crippen LogP contribution < -0.4 is 0 Å². The highest BCUT2D eigenvalue weighted by atomic mass is 16.5. The molecule has 0 spiro atoms. The average molecular weight is 337 g/mol. The Morgan fingerprint density at radius 1 is 1.17 bits per heavy atom. The van der Waals surface area contributed by atoms with Gasteiger partial charge in [-0.05, 0) is 36.5 Å². The van der Waals surface area contributed by atoms with Crippen LogP contribution in [0.2, 0.25) is 0 Å². The Hall–Kier alpha value is -0.860. The van der Waals surface area contributed by atoms with E-state index in [9.17, 15) is 9.59 Å². The van der Waals surface area contributed by atoms with Crippen LogP contribution in [0.1, 0.15) is 81.1 Å². The molecule has 24 heavy (non-hydrogen) atoms. The van der Waals surface area contributed by atoms with Gasteiger partial charge in [-0.1, -0.05) is 55.4 Å². The zero-order chi connectivity index (χ0) is 18.5. The zero-order valence-electron chi connectivity index (χ0n) is 16.9. The predicted octanol–water partition coefficient (Wildman–Crippen LogP) is 5.02. The maximum atomic E-state index is 12.7. The van der Waals surface area contributed by atoms with Gasteiger partial charge in [-0.25, -0.2) is 0 Å². The molecular weight excluding hydrogens is 300 g/mol. The summed E-state index contributed by atoms with van der Waals surface area (Å²) in [5.74, 6) is 0.530. The summed E-state index contributed by atoms with van der Waals surface area (Å²) in [4.78, 5) is 24.9. The fourth-order valence-electron chi connectivity index (χ4n) is 4.56. The Kier molecular flexibility index (Phi) is 4.98. The van der Waals surface area contributed by atoms with Crippen molar-refractivity contribution in [2.45, 2.75) is 87.2 Å². The van der Waals surface area contributed by atoms with Crippen LogP contribution in [0.25, 0.3) is 0 Å². The summed E-state index contributed by atoms with van der Waals surface area (Å²) in [5.41, 5.74) is -0.00744. The van der Waals surface area contributed by atoms with E-state index in [1.807, 2.05) is 34.6 Å². The third-order valence-electron chi connectivity index (χ3n) is 7.54. The molecular formula is C21H36O3. The lowest BCUT2D eigenvalue weighted by Gasteiger charge is -2.39. The van der Waals surface area contributed by atoms with Crippen molar-refractivity contribution in [3.05, 3.63) is 0 Å². The number of fused-ring (bicyclic) bond motifs is 2. The van der Waals surface area contributed by atoms with Gasteiger partial charge in [0, 0.05) is 17.3 Å². The van der Waals surface area contributed by atoms with E-state index < -0.39 is 0 Å². The number of hydrogen-bond donors (Lipinski definition) is 0. The second-order valence-electron chi connectivity index (χ2n) is 10.2. The molecule has 2 aliphatic rings. The van der Waals surface area contributed by atoms with E-state index in [1.54, 1.807) is 0 Å². The van der Waals surface area contributed by atoms with Crippen molar-refractivity contribution in [3.8, 4) is 0 Å². The van der Waals surface area contributed by atoms with Crippen molar-refractivity contribution in [1.82, 2.24) is 0 Å². The molecule has 0 aromatic carbocycles. The SMILES string of the molecule is CC(CC(=O)C(C)(C)C)C(C)C(=O)O[C@@H]1C[C@@H]2CC[C@@]1(C)C2(C)C. The van der Waals surface area contributed by atoms with E-state index in [4.69, 9.17) is 4.74 Å². The lowest BCUT2D eigenvalue weighted by molar-refractivity contribution is -0.163. The fourth-order valence-corrected chi connectivity index (χ4v) is 4.56. The highest BCUT2D eigenvalue weighted by Gasteiger charge is 2.63. The number of ether oxygens (including phenoxy) is 1. The topological polar surface area (TPSA) is 43.4 Å². The minimum atomic E-state index is -0.347. The zero-order valence-corrected chi connectivity index (χ0v) is 16.9. The summed E-state index contributed by atoms with van der Waals surface area (Å²) >= 11 is 0. The molecule has 0 N–H and O–H groups in total. The maximum Gasteiger partial charge on any atom is 0.309 e. The van der Waals surface area contributed by atoms with Gasteiger partial charge in [0.05, 0.1) is 5.92 Å². The molecule has 0 radical (unpaired) electrons. The molecule has 2 aliphatic carbocycles. The van der Waals surface area contributed by atoms with E-state index >= 15 is 0 Å². The first-order valence-electron chi connectivity index (χ1n) is 9.54. The number of Topliss-reactive ketones (excluding diaryl/α,β-unsaturated/α-hetero) is 1. The minimum absolute atomic E-state index is 0.0173. The highest BCUT2D eigenvalue weighted by Crippen LogP contribution is 2.66. The number of esters is 1. The number of carbonyl (C=O) groups is 2. The molecule has 2 saturated carbocycles. The maximum absolute atomic E-state index is 12.7. The Bertz CT molecular complexity index is 514. The van der Waals surface area contributed by atoms with Crippen molar-refractivity contribution in [2.75, 3.05) is 0 Å². The van der Waals surface area contributed by atoms with Crippen molar-refractivity contribution in [3.63, 3.8) is 0 Å². The summed E-state index contributed by atoms with van der Waals surface area (Å²) in [6.07, 6.45) is 3.87. The van der Waals surface area contributed by atoms with Crippen LogP contribution in [0, 0.1) is 34.0 Å². The van der Waals surface area contributed by atoms with Crippen LogP contribution in [0.15, 0.2) is 0 Å². The first-order valence-corrected chi connectivity index (χ1v) is 9.54. The first-order chi connectivity index (χ1) is 10.8. The monoisotopic (exact) mass is 336 g/mol. The van der Waals surface area contributed by atoms with Crippen LogP contribution in [0.5, 0.6) is 0 Å². The molecule has 2 rings (SSSR count). The van der Waals surface area contributed by atoms with Crippen molar-refractivity contribution < 1.29 is 14.3 Å². The summed E-state index contributed by atoms with van der Waals surface area (Å²) in [6, 6.07) is 0. The highest BCUT2D eigenvalue weighted by molar-refractivity contribution is 5.84. The van der Waals surface area contributed by atoms with E-state index in [0.29, 0.717) is 12.3 Å². The Morgan fingerprint density at radius 3 is 2.17 bits per heavy atom. The second-order valence-corrected chi connectivity index (χ2v) is 10.2. The van der Waals surface area contributed by atoms with Crippen LogP contribution >= 0.6 is 0 Å². The molecule has 0 aromatic rings. The predicted molar refractivity (Wildman–Crippen MR) is 96.5 cm³/mol. The van der Waals surface area contributed by atoms with Gasteiger partial charge in [0.15, 0.2) is 0 Å². The number of hydrogen-bond acceptors (Lipinski definition) is 3. The van der Waals surface area contributed by atoms with Gasteiger partial charge in [0.25, 0.3) is 0 Å². The normalized spacial score (nSPS) is 34.0. The molecule has 2 bridgehead atoms. The molecule has 2 unspecified atom stereocenters. The third-order valence-corrected chi connectivity index (χ3v) is 7.54. The minimum Gasteiger partial charge on any atom is -0.462 e. The van der Waals surface area contributed by atoms with Gasteiger partial charge in [-0.2, -0.15) is 0 Å². The van der Waals surface area contributed by atoms with Crippen molar-refractivity contribution >= 4 is 11.8 Å². The van der Waals surface area contributed by atoms with Crippen molar-refractivity contribution in [2.24, 2.45) is 34.0 Å². The standard InChI is InChI=1S/C21H36O3/c1-13(11-16(22)19(3,4)5)14(2)18(23)24-17-12-15-9-10-21(17,8)20(15,6)7/h13-15,17H,9-12H2,1-8H3/t13?,14?,15-,17+,21+/m0/s1. The van der Waals surface area contributed by atoms with Crippen LogP contribution in [0.4, 0.5) is 0 Å². The summed E-state index contributed by atoms with van der Waals surface area (Å²) in [5, 5.41) is 0. The van der Waals surface area contributed by atoms with Gasteiger partial charge in [0.1, 0.15) is 11.9 Å². The average Bonchev–Trinajstić information content (AvgIpc) is 2.78. The van der Waals surface area contributed by atoms with E-state index in [2.05, 4.69) is 20.8 Å². The summed E-state index contributed by atoms with van der Waals surface area (Å²) < 4.78 is 5.98. The van der Waals surface area contributed by atoms with Crippen LogP contribution in [-0.2, 0) is 14.3 Å². The van der Waals surface area contributed by atoms with Gasteiger partial charge >= 0.3 is 5.97 Å².